The Bertz CT molecular complexity index is 56.6. The van der Waals surface area contributed by atoms with Crippen molar-refractivity contribution in [3.05, 3.63) is 12.3 Å². The molecule has 0 aromatic heterocycles. The lowest BCUT2D eigenvalue weighted by atomic mass is 10.7. The highest BCUT2D eigenvalue weighted by molar-refractivity contribution is 5.39. The molecule has 0 amide bonds. The second-order valence-electron chi connectivity index (χ2n) is 0.608. The third-order valence-corrected chi connectivity index (χ3v) is 0.225. The maximum atomic E-state index is 9.15. The minimum Gasteiger partial charge on any atom is -0.426 e. The van der Waals surface area contributed by atoms with Gasteiger partial charge in [0.05, 0.1) is 6.26 Å². The van der Waals surface area contributed by atoms with Crippen molar-refractivity contribution >= 4 is 6.47 Å². The van der Waals surface area contributed by atoms with Crippen LogP contribution in [0.5, 0.6) is 0 Å². The van der Waals surface area contributed by atoms with Crippen LogP contribution in [-0.4, -0.2) is 6.47 Å². The lowest BCUT2D eigenvalue weighted by Gasteiger charge is -1.71. The fraction of sp³-hybridized carbons (Fsp3) is 0.250. The van der Waals surface area contributed by atoms with E-state index in [1.165, 1.54) is 6.47 Å². The molecule has 2 heteroatoms. The van der Waals surface area contributed by atoms with E-state index in [1.54, 1.807) is 6.92 Å². The second-order valence-corrected chi connectivity index (χ2v) is 0.608. The van der Waals surface area contributed by atoms with Crippen LogP contribution in [0.3, 0.4) is 0 Å². The lowest BCUT2D eigenvalue weighted by molar-refractivity contribution is 0.396. The molecule has 2 radical (unpaired) electrons. The Balaban J connectivity index is 2.85. The lowest BCUT2D eigenvalue weighted by Crippen LogP contribution is -1.69. The summed E-state index contributed by atoms with van der Waals surface area (Å²) in [6.45, 7) is 2.82. The summed E-state index contributed by atoms with van der Waals surface area (Å²) in [6.07, 6.45) is 3.59. The average Bonchev–Trinajstić information content (AvgIpc) is 1.61. The quantitative estimate of drug-likeness (QED) is 0.453. The highest BCUT2D eigenvalue weighted by Crippen LogP contribution is 1.64. The number of hydrogen-bond acceptors (Lipinski definition) is 2. The molecule has 32 valence electrons. The van der Waals surface area contributed by atoms with Gasteiger partial charge in [0.2, 0.25) is 0 Å². The predicted octanol–water partition coefficient (Wildman–Crippen LogP) is 0.407. The van der Waals surface area contributed by atoms with E-state index in [4.69, 9.17) is 4.79 Å². The molecule has 0 heterocycles. The van der Waals surface area contributed by atoms with Gasteiger partial charge in [0.25, 0.3) is 0 Å². The summed E-state index contributed by atoms with van der Waals surface area (Å²) in [6, 6.07) is 0. The van der Waals surface area contributed by atoms with Gasteiger partial charge in [-0.2, -0.15) is 0 Å². The molecule has 0 aromatic carbocycles. The van der Waals surface area contributed by atoms with Crippen LogP contribution >= 0.6 is 0 Å². The minimum absolute atomic E-state index is 1.13. The zero-order chi connectivity index (χ0) is 4.83. The first kappa shape index (κ1) is 5.21. The molecule has 0 aliphatic carbocycles. The van der Waals surface area contributed by atoms with Gasteiger partial charge in [-0.3, -0.25) is 0 Å². The van der Waals surface area contributed by atoms with Crippen LogP contribution in [0.25, 0.3) is 0 Å². The highest BCUT2D eigenvalue weighted by Gasteiger charge is 1.62. The predicted molar refractivity (Wildman–Crippen MR) is 20.3 cm³/mol. The van der Waals surface area contributed by atoms with Crippen molar-refractivity contribution in [1.82, 2.24) is 0 Å². The van der Waals surface area contributed by atoms with Crippen molar-refractivity contribution in [3.63, 3.8) is 0 Å². The summed E-state index contributed by atoms with van der Waals surface area (Å²) in [4.78, 5) is 9.15. The average molecular weight is 84.1 g/mol. The maximum absolute atomic E-state index is 9.15. The molecular weight excluding hydrogens is 80.0 g/mol. The first-order valence-corrected chi connectivity index (χ1v) is 1.43. The molecule has 0 aliphatic heterocycles. The number of carbonyl (C=O) groups excluding carboxylic acids is 1. The Morgan fingerprint density at radius 2 is 2.50 bits per heavy atom. The van der Waals surface area contributed by atoms with E-state index in [2.05, 4.69) is 10.8 Å². The fourth-order valence-corrected chi connectivity index (χ4v) is 0.0830. The van der Waals surface area contributed by atoms with Gasteiger partial charge < -0.3 is 4.74 Å². The van der Waals surface area contributed by atoms with Crippen LogP contribution in [0.4, 0.5) is 0 Å². The van der Waals surface area contributed by atoms with E-state index in [1.807, 2.05) is 0 Å². The van der Waals surface area contributed by atoms with E-state index < -0.39 is 0 Å². The number of rotatable bonds is 2. The topological polar surface area (TPSA) is 26.3 Å². The summed E-state index contributed by atoms with van der Waals surface area (Å²) < 4.78 is 3.94. The van der Waals surface area contributed by atoms with Crippen LogP contribution in [0.15, 0.2) is 6.26 Å². The van der Waals surface area contributed by atoms with E-state index >= 15 is 0 Å². The normalized spacial score (nSPS) is 8.83. The molecule has 0 saturated carbocycles. The van der Waals surface area contributed by atoms with Gasteiger partial charge >= 0.3 is 6.47 Å². The zero-order valence-corrected chi connectivity index (χ0v) is 3.39. The molecule has 0 saturated heterocycles. The molecule has 0 aromatic rings. The summed E-state index contributed by atoms with van der Waals surface area (Å²) >= 11 is 0. The van der Waals surface area contributed by atoms with Crippen molar-refractivity contribution in [2.24, 2.45) is 0 Å². The largest absolute Gasteiger partial charge is 0.426 e. The monoisotopic (exact) mass is 84.0 g/mol. The van der Waals surface area contributed by atoms with Crippen molar-refractivity contribution in [2.45, 2.75) is 6.92 Å². The van der Waals surface area contributed by atoms with Crippen molar-refractivity contribution < 1.29 is 9.53 Å². The summed E-state index contributed by atoms with van der Waals surface area (Å²) in [7, 11) is 0. The van der Waals surface area contributed by atoms with Gasteiger partial charge in [0, 0.05) is 0 Å². The Morgan fingerprint density at radius 3 is 2.67 bits per heavy atom. The highest BCUT2D eigenvalue weighted by atomic mass is 16.5. The van der Waals surface area contributed by atoms with E-state index in [0.717, 1.165) is 6.26 Å². The van der Waals surface area contributed by atoms with Crippen LogP contribution in [0.2, 0.25) is 0 Å². The first-order chi connectivity index (χ1) is 2.91. The van der Waals surface area contributed by atoms with E-state index in [0.29, 0.717) is 0 Å². The third kappa shape index (κ3) is 3.21. The molecule has 0 bridgehead atoms. The Hall–Kier alpha value is -0.790. The standard InChI is InChI=1S/C4H4O2/c1-2-3-6-4-5/h3H,1H3. The summed E-state index contributed by atoms with van der Waals surface area (Å²) in [5.74, 6) is 0. The van der Waals surface area contributed by atoms with Crippen LogP contribution < -0.4 is 0 Å². The van der Waals surface area contributed by atoms with Gasteiger partial charge in [0.1, 0.15) is 0 Å². The van der Waals surface area contributed by atoms with Crippen molar-refractivity contribution in [3.8, 4) is 0 Å². The molecule has 0 spiro atoms. The van der Waals surface area contributed by atoms with Crippen LogP contribution in [0.1, 0.15) is 6.92 Å². The molecule has 0 atom stereocenters. The SMILES string of the molecule is C/[C]=C/O[C]=O. The second kappa shape index (κ2) is 4.21. The third-order valence-electron chi connectivity index (χ3n) is 0.225. The summed E-state index contributed by atoms with van der Waals surface area (Å²) in [5, 5.41) is 0. The fourth-order valence-electron chi connectivity index (χ4n) is 0.0830. The minimum atomic E-state index is 1.13. The van der Waals surface area contributed by atoms with Crippen LogP contribution in [-0.2, 0) is 9.53 Å². The smallest absolute Gasteiger partial charge is 0.422 e. The van der Waals surface area contributed by atoms with Gasteiger partial charge in [-0.05, 0) is 13.0 Å². The molecular formula is C4H4O2. The summed E-state index contributed by atoms with van der Waals surface area (Å²) in [5.41, 5.74) is 0. The Morgan fingerprint density at radius 1 is 1.83 bits per heavy atom. The molecule has 0 fully saturated rings. The molecule has 0 N–H and O–H groups in total. The van der Waals surface area contributed by atoms with Gasteiger partial charge in [-0.15, -0.1) is 0 Å². The molecule has 0 rings (SSSR count). The van der Waals surface area contributed by atoms with Gasteiger partial charge in [-0.1, -0.05) is 0 Å². The van der Waals surface area contributed by atoms with Gasteiger partial charge in [-0.25, -0.2) is 4.79 Å². The van der Waals surface area contributed by atoms with E-state index in [9.17, 15) is 0 Å². The molecule has 0 aliphatic rings. The molecule has 2 nitrogen and oxygen atoms in total. The number of ether oxygens (including phenoxy) is 1. The van der Waals surface area contributed by atoms with Crippen LogP contribution in [0, 0.1) is 6.08 Å². The van der Waals surface area contributed by atoms with Crippen molar-refractivity contribution in [2.75, 3.05) is 0 Å². The van der Waals surface area contributed by atoms with Gasteiger partial charge in [0.15, 0.2) is 0 Å². The molecule has 0 unspecified atom stereocenters. The Labute approximate surface area is 36.4 Å². The number of hydrogen-bond donors (Lipinski definition) is 0. The Kier molecular flexibility index (Phi) is 3.66. The first-order valence-electron chi connectivity index (χ1n) is 1.43. The number of allylic oxidation sites excluding steroid dienone is 1. The van der Waals surface area contributed by atoms with Crippen molar-refractivity contribution in [1.29, 1.82) is 0 Å². The van der Waals surface area contributed by atoms with E-state index in [-0.39, 0.29) is 0 Å². The maximum Gasteiger partial charge on any atom is 0.422 e. The molecule has 6 heavy (non-hydrogen) atoms. The zero-order valence-electron chi connectivity index (χ0n) is 3.39.